The second kappa shape index (κ2) is 6.51. The molecule has 2 rings (SSSR count). The molecule has 0 aliphatic rings. The van der Waals surface area contributed by atoms with Crippen LogP contribution in [0.25, 0.3) is 11.4 Å². The molecule has 0 fully saturated rings. The minimum absolute atomic E-state index is 0.291. The van der Waals surface area contributed by atoms with Gasteiger partial charge in [0.2, 0.25) is 5.82 Å². The highest BCUT2D eigenvalue weighted by Gasteiger charge is 2.31. The molecule has 0 radical (unpaired) electrons. The number of carbonyl (C=O) groups is 1. The number of nitrogens with one attached hydrogen (secondary N) is 1. The van der Waals surface area contributed by atoms with E-state index in [1.807, 2.05) is 24.3 Å². The Morgan fingerprint density at radius 2 is 1.75 bits per heavy atom. The van der Waals surface area contributed by atoms with E-state index in [-0.39, 0.29) is 0 Å². The van der Waals surface area contributed by atoms with Gasteiger partial charge in [-0.2, -0.15) is 4.98 Å². The smallest absolute Gasteiger partial charge is 0.408 e. The SMILES string of the molecule is COc1ccc(-c2noc(C(C)(C)NC(=O)OC(C)(C)C)n2)cc1. The van der Waals surface area contributed by atoms with Crippen LogP contribution in [0.4, 0.5) is 4.79 Å². The number of benzene rings is 1. The van der Waals surface area contributed by atoms with Crippen molar-refractivity contribution in [1.82, 2.24) is 15.5 Å². The maximum atomic E-state index is 12.0. The molecule has 1 aromatic heterocycles. The van der Waals surface area contributed by atoms with Crippen molar-refractivity contribution in [2.75, 3.05) is 7.11 Å². The Hall–Kier alpha value is -2.57. The molecule has 0 aliphatic heterocycles. The molecule has 1 aromatic carbocycles. The van der Waals surface area contributed by atoms with E-state index in [2.05, 4.69) is 15.5 Å². The van der Waals surface area contributed by atoms with E-state index in [0.717, 1.165) is 11.3 Å². The van der Waals surface area contributed by atoms with Gasteiger partial charge in [-0.3, -0.25) is 0 Å². The third-order valence-electron chi connectivity index (χ3n) is 3.12. The first-order valence-corrected chi connectivity index (χ1v) is 7.60. The predicted molar refractivity (Wildman–Crippen MR) is 88.7 cm³/mol. The summed E-state index contributed by atoms with van der Waals surface area (Å²) in [5.41, 5.74) is -0.651. The predicted octanol–water partition coefficient (Wildman–Crippen LogP) is 3.51. The molecule has 0 saturated heterocycles. The number of nitrogens with zero attached hydrogens (tertiary/aromatic N) is 2. The van der Waals surface area contributed by atoms with E-state index >= 15 is 0 Å². The van der Waals surface area contributed by atoms with Crippen LogP contribution in [0.2, 0.25) is 0 Å². The molecule has 0 bridgehead atoms. The zero-order valence-corrected chi connectivity index (χ0v) is 14.8. The number of amides is 1. The van der Waals surface area contributed by atoms with E-state index < -0.39 is 17.2 Å². The topological polar surface area (TPSA) is 86.5 Å². The molecule has 0 aliphatic carbocycles. The first-order valence-electron chi connectivity index (χ1n) is 7.60. The van der Waals surface area contributed by atoms with E-state index in [1.165, 1.54) is 0 Å². The second-order valence-electron chi connectivity index (χ2n) is 6.90. The summed E-state index contributed by atoms with van der Waals surface area (Å²) >= 11 is 0. The van der Waals surface area contributed by atoms with Crippen LogP contribution in [0.3, 0.4) is 0 Å². The number of carbonyl (C=O) groups excluding carboxylic acids is 1. The van der Waals surface area contributed by atoms with Crippen molar-refractivity contribution >= 4 is 6.09 Å². The first-order chi connectivity index (χ1) is 11.1. The average Bonchev–Trinajstić information content (AvgIpc) is 2.95. The molecule has 7 nitrogen and oxygen atoms in total. The molecule has 1 amide bonds. The van der Waals surface area contributed by atoms with Crippen LogP contribution in [-0.4, -0.2) is 28.9 Å². The largest absolute Gasteiger partial charge is 0.497 e. The van der Waals surface area contributed by atoms with Gasteiger partial charge in [-0.05, 0) is 58.9 Å². The van der Waals surface area contributed by atoms with Crippen LogP contribution in [0.5, 0.6) is 5.75 Å². The standard InChI is InChI=1S/C17H23N3O4/c1-16(2,3)23-15(21)19-17(4,5)14-18-13(20-24-14)11-7-9-12(22-6)10-8-11/h7-10H,1-6H3,(H,19,21). The lowest BCUT2D eigenvalue weighted by Gasteiger charge is -2.25. The summed E-state index contributed by atoms with van der Waals surface area (Å²) in [6, 6.07) is 7.30. The van der Waals surface area contributed by atoms with Crippen molar-refractivity contribution in [3.8, 4) is 17.1 Å². The van der Waals surface area contributed by atoms with Crippen molar-refractivity contribution in [3.05, 3.63) is 30.2 Å². The molecule has 0 saturated carbocycles. The van der Waals surface area contributed by atoms with Gasteiger partial charge in [-0.25, -0.2) is 4.79 Å². The number of aromatic nitrogens is 2. The lowest BCUT2D eigenvalue weighted by molar-refractivity contribution is 0.0452. The Balaban J connectivity index is 2.14. The van der Waals surface area contributed by atoms with E-state index in [1.54, 1.807) is 41.7 Å². The molecule has 0 spiro atoms. The van der Waals surface area contributed by atoms with E-state index in [9.17, 15) is 4.79 Å². The fourth-order valence-corrected chi connectivity index (χ4v) is 1.95. The van der Waals surface area contributed by atoms with Crippen molar-refractivity contribution in [2.45, 2.75) is 45.8 Å². The fourth-order valence-electron chi connectivity index (χ4n) is 1.95. The van der Waals surface area contributed by atoms with Gasteiger partial charge in [0.25, 0.3) is 5.89 Å². The summed E-state index contributed by atoms with van der Waals surface area (Å²) in [5.74, 6) is 1.47. The van der Waals surface area contributed by atoms with Crippen LogP contribution < -0.4 is 10.1 Å². The second-order valence-corrected chi connectivity index (χ2v) is 6.90. The maximum absolute atomic E-state index is 12.0. The quantitative estimate of drug-likeness (QED) is 0.921. The van der Waals surface area contributed by atoms with Gasteiger partial charge in [-0.1, -0.05) is 5.16 Å². The number of alkyl carbamates (subject to hydrolysis) is 1. The summed E-state index contributed by atoms with van der Waals surface area (Å²) in [6.45, 7) is 8.93. The minimum Gasteiger partial charge on any atom is -0.497 e. The normalized spacial score (nSPS) is 11.9. The highest BCUT2D eigenvalue weighted by atomic mass is 16.6. The Labute approximate surface area is 141 Å². The molecule has 0 atom stereocenters. The summed E-state index contributed by atoms with van der Waals surface area (Å²) in [6.07, 6.45) is -0.545. The lowest BCUT2D eigenvalue weighted by atomic mass is 10.1. The lowest BCUT2D eigenvalue weighted by Crippen LogP contribution is -2.44. The molecule has 2 aromatic rings. The molecular formula is C17H23N3O4. The van der Waals surface area contributed by atoms with Crippen molar-refractivity contribution in [3.63, 3.8) is 0 Å². The molecule has 1 N–H and O–H groups in total. The first kappa shape index (κ1) is 17.8. The molecule has 0 unspecified atom stereocenters. The number of hydrogen-bond donors (Lipinski definition) is 1. The summed E-state index contributed by atoms with van der Waals surface area (Å²) in [4.78, 5) is 16.3. The van der Waals surface area contributed by atoms with Crippen molar-refractivity contribution < 1.29 is 18.8 Å². The Kier molecular flexibility index (Phi) is 4.82. The zero-order chi connectivity index (χ0) is 18.0. The van der Waals surface area contributed by atoms with Crippen LogP contribution in [-0.2, 0) is 10.3 Å². The average molecular weight is 333 g/mol. The molecular weight excluding hydrogens is 310 g/mol. The zero-order valence-electron chi connectivity index (χ0n) is 14.8. The Morgan fingerprint density at radius 3 is 2.29 bits per heavy atom. The van der Waals surface area contributed by atoms with Gasteiger partial charge in [0.15, 0.2) is 0 Å². The number of rotatable bonds is 4. The third kappa shape index (κ3) is 4.47. The molecule has 130 valence electrons. The third-order valence-corrected chi connectivity index (χ3v) is 3.12. The number of methoxy groups -OCH3 is 1. The highest BCUT2D eigenvalue weighted by Crippen LogP contribution is 2.24. The highest BCUT2D eigenvalue weighted by molar-refractivity contribution is 5.68. The van der Waals surface area contributed by atoms with Crippen LogP contribution in [0.1, 0.15) is 40.5 Å². The molecule has 7 heteroatoms. The monoisotopic (exact) mass is 333 g/mol. The number of ether oxygens (including phenoxy) is 2. The minimum atomic E-state index is -0.861. The van der Waals surface area contributed by atoms with Gasteiger partial charge in [0, 0.05) is 5.56 Å². The van der Waals surface area contributed by atoms with Crippen molar-refractivity contribution in [1.29, 1.82) is 0 Å². The number of hydrogen-bond acceptors (Lipinski definition) is 6. The van der Waals surface area contributed by atoms with Crippen LogP contribution >= 0.6 is 0 Å². The maximum Gasteiger partial charge on any atom is 0.408 e. The fraction of sp³-hybridized carbons (Fsp3) is 0.471. The van der Waals surface area contributed by atoms with Gasteiger partial charge in [0.05, 0.1) is 7.11 Å². The van der Waals surface area contributed by atoms with Gasteiger partial charge >= 0.3 is 6.09 Å². The summed E-state index contributed by atoms with van der Waals surface area (Å²) in [7, 11) is 1.60. The van der Waals surface area contributed by atoms with Crippen molar-refractivity contribution in [2.24, 2.45) is 0 Å². The Bertz CT molecular complexity index is 699. The van der Waals surface area contributed by atoms with Gasteiger partial charge < -0.3 is 19.3 Å². The van der Waals surface area contributed by atoms with E-state index in [4.69, 9.17) is 14.0 Å². The van der Waals surface area contributed by atoms with Gasteiger partial charge in [-0.15, -0.1) is 0 Å². The Morgan fingerprint density at radius 1 is 1.12 bits per heavy atom. The summed E-state index contributed by atoms with van der Waals surface area (Å²) < 4.78 is 15.7. The van der Waals surface area contributed by atoms with E-state index in [0.29, 0.717) is 11.7 Å². The van der Waals surface area contributed by atoms with Gasteiger partial charge in [0.1, 0.15) is 16.9 Å². The molecule has 1 heterocycles. The van der Waals surface area contributed by atoms with Crippen LogP contribution in [0.15, 0.2) is 28.8 Å². The molecule has 24 heavy (non-hydrogen) atoms. The van der Waals surface area contributed by atoms with Crippen LogP contribution in [0, 0.1) is 0 Å². The summed E-state index contributed by atoms with van der Waals surface area (Å²) in [5, 5.41) is 6.71.